The number of rotatable bonds is 2. The van der Waals surface area contributed by atoms with Gasteiger partial charge < -0.3 is 0 Å². The molecule has 2 aliphatic rings. The lowest BCUT2D eigenvalue weighted by Crippen LogP contribution is -2.52. The van der Waals surface area contributed by atoms with Crippen LogP contribution in [0.25, 0.3) is 11.1 Å². The first-order valence-corrected chi connectivity index (χ1v) is 11.2. The Balaban J connectivity index is 2.19. The molecule has 0 unspecified atom stereocenters. The number of hydrogen-bond donors (Lipinski definition) is 0. The predicted octanol–water partition coefficient (Wildman–Crippen LogP) is 5.65. The summed E-state index contributed by atoms with van der Waals surface area (Å²) in [5.41, 5.74) is -0.733. The molecule has 27 heavy (non-hydrogen) atoms. The SMILES string of the molecule is C[Si](C)(c1cc2cccccc-2c1)c1cc(C(F)(F)F)cc(C(F)(F)F)c1. The summed E-state index contributed by atoms with van der Waals surface area (Å²) in [6.45, 7) is 3.52. The van der Waals surface area contributed by atoms with Crippen LogP contribution in [-0.2, 0) is 12.4 Å². The zero-order valence-electron chi connectivity index (χ0n) is 14.5. The fraction of sp³-hybridized carbons (Fsp3) is 0.200. The molecule has 1 aromatic rings. The minimum Gasteiger partial charge on any atom is -0.166 e. The van der Waals surface area contributed by atoms with Crippen molar-refractivity contribution in [2.45, 2.75) is 25.4 Å². The zero-order valence-corrected chi connectivity index (χ0v) is 15.5. The second kappa shape index (κ2) is 6.40. The molecule has 7 heteroatoms. The van der Waals surface area contributed by atoms with Gasteiger partial charge in [0.2, 0.25) is 0 Å². The van der Waals surface area contributed by atoms with Crippen LogP contribution in [-0.4, -0.2) is 8.07 Å². The van der Waals surface area contributed by atoms with E-state index in [-0.39, 0.29) is 11.3 Å². The summed E-state index contributed by atoms with van der Waals surface area (Å²) in [6.07, 6.45) is -9.68. The van der Waals surface area contributed by atoms with Gasteiger partial charge in [-0.15, -0.1) is 0 Å². The largest absolute Gasteiger partial charge is 0.416 e. The molecule has 0 aliphatic heterocycles. The van der Waals surface area contributed by atoms with Crippen LogP contribution in [0.3, 0.4) is 0 Å². The molecule has 0 spiro atoms. The molecule has 0 saturated heterocycles. The molecule has 0 atom stereocenters. The third-order valence-corrected chi connectivity index (χ3v) is 8.22. The van der Waals surface area contributed by atoms with Crippen molar-refractivity contribution in [1.82, 2.24) is 0 Å². The molecule has 0 aromatic heterocycles. The first-order valence-electron chi connectivity index (χ1n) is 8.18. The molecule has 1 aromatic carbocycles. The Morgan fingerprint density at radius 2 is 1.00 bits per heavy atom. The summed E-state index contributed by atoms with van der Waals surface area (Å²) in [4.78, 5) is 0. The van der Waals surface area contributed by atoms with Crippen LogP contribution < -0.4 is 10.4 Å². The molecular weight excluding hydrogens is 382 g/mol. The minimum atomic E-state index is -4.84. The summed E-state index contributed by atoms with van der Waals surface area (Å²) in [5, 5.41) is 0.889. The molecule has 2 aliphatic carbocycles. The first kappa shape index (κ1) is 19.5. The van der Waals surface area contributed by atoms with Crippen molar-refractivity contribution in [3.63, 3.8) is 0 Å². The second-order valence-electron chi connectivity index (χ2n) is 6.98. The average molecular weight is 398 g/mol. The van der Waals surface area contributed by atoms with Crippen molar-refractivity contribution in [3.8, 4) is 11.1 Å². The van der Waals surface area contributed by atoms with Crippen molar-refractivity contribution in [3.05, 3.63) is 71.8 Å². The quantitative estimate of drug-likeness (QED) is 0.386. The van der Waals surface area contributed by atoms with Gasteiger partial charge in [0.25, 0.3) is 0 Å². The van der Waals surface area contributed by atoms with Crippen LogP contribution in [0.5, 0.6) is 0 Å². The average Bonchev–Trinajstić information content (AvgIpc) is 2.85. The van der Waals surface area contributed by atoms with Gasteiger partial charge in [-0.3, -0.25) is 0 Å². The van der Waals surface area contributed by atoms with Gasteiger partial charge in [0.15, 0.2) is 0 Å². The van der Waals surface area contributed by atoms with E-state index in [2.05, 4.69) is 0 Å². The van der Waals surface area contributed by atoms with Crippen molar-refractivity contribution < 1.29 is 26.3 Å². The van der Waals surface area contributed by atoms with Gasteiger partial charge >= 0.3 is 12.4 Å². The van der Waals surface area contributed by atoms with Crippen LogP contribution in [0.2, 0.25) is 13.1 Å². The maximum absolute atomic E-state index is 13.2. The van der Waals surface area contributed by atoms with E-state index < -0.39 is 31.6 Å². The van der Waals surface area contributed by atoms with E-state index in [4.69, 9.17) is 0 Å². The van der Waals surface area contributed by atoms with E-state index >= 15 is 0 Å². The monoisotopic (exact) mass is 398 g/mol. The van der Waals surface area contributed by atoms with Crippen molar-refractivity contribution in [2.75, 3.05) is 0 Å². The number of halogens is 6. The standard InChI is InChI=1S/C20H16F6Si/c1-27(2,17-8-13-6-4-3-5-7-14(13)9-17)18-11-15(19(21,22)23)10-16(12-18)20(24,25)26/h3-12H,1-2H3. The number of fused-ring (bicyclic) bond motifs is 1. The summed E-state index contributed by atoms with van der Waals surface area (Å²) >= 11 is 0. The van der Waals surface area contributed by atoms with Gasteiger partial charge in [0.1, 0.15) is 8.07 Å². The summed E-state index contributed by atoms with van der Waals surface area (Å²) in [5.74, 6) is 0. The van der Waals surface area contributed by atoms with Crippen molar-refractivity contribution >= 4 is 18.4 Å². The first-order chi connectivity index (χ1) is 12.4. The maximum atomic E-state index is 13.2. The van der Waals surface area contributed by atoms with Crippen LogP contribution in [0.1, 0.15) is 11.1 Å². The lowest BCUT2D eigenvalue weighted by molar-refractivity contribution is -0.142. The lowest BCUT2D eigenvalue weighted by Gasteiger charge is -2.25. The number of alkyl halides is 6. The smallest absolute Gasteiger partial charge is 0.166 e. The molecule has 0 heterocycles. The Kier molecular flexibility index (Phi) is 4.62. The number of benzene rings is 1. The molecule has 0 fully saturated rings. The normalized spacial score (nSPS) is 13.2. The fourth-order valence-electron chi connectivity index (χ4n) is 3.06. The minimum absolute atomic E-state index is 0.101. The highest BCUT2D eigenvalue weighted by atomic mass is 28.3. The van der Waals surface area contributed by atoms with Gasteiger partial charge in [0, 0.05) is 0 Å². The van der Waals surface area contributed by atoms with Crippen LogP contribution in [0.15, 0.2) is 60.7 Å². The third-order valence-electron chi connectivity index (χ3n) is 4.76. The van der Waals surface area contributed by atoms with Gasteiger partial charge in [0.05, 0.1) is 11.1 Å². The van der Waals surface area contributed by atoms with E-state index in [0.29, 0.717) is 0 Å². The molecule has 0 N–H and O–H groups in total. The highest BCUT2D eigenvalue weighted by molar-refractivity contribution is 7.00. The molecule has 0 bridgehead atoms. The Morgan fingerprint density at radius 1 is 0.593 bits per heavy atom. The molecule has 0 saturated carbocycles. The van der Waals surface area contributed by atoms with E-state index in [0.717, 1.165) is 28.4 Å². The van der Waals surface area contributed by atoms with Crippen LogP contribution >= 0.6 is 0 Å². The predicted molar refractivity (Wildman–Crippen MR) is 96.3 cm³/mol. The molecule has 0 nitrogen and oxygen atoms in total. The molecule has 142 valence electrons. The topological polar surface area (TPSA) is 0 Å². The molecular formula is C20H16F6Si. The maximum Gasteiger partial charge on any atom is 0.416 e. The van der Waals surface area contributed by atoms with Crippen molar-refractivity contribution in [1.29, 1.82) is 0 Å². The second-order valence-corrected chi connectivity index (χ2v) is 11.4. The van der Waals surface area contributed by atoms with E-state index in [9.17, 15) is 26.3 Å². The van der Waals surface area contributed by atoms with Crippen molar-refractivity contribution in [2.24, 2.45) is 0 Å². The molecule has 3 rings (SSSR count). The lowest BCUT2D eigenvalue weighted by atomic mass is 10.1. The van der Waals surface area contributed by atoms with E-state index in [1.165, 1.54) is 0 Å². The number of hydrogen-bond acceptors (Lipinski definition) is 0. The molecule has 0 amide bonds. The highest BCUT2D eigenvalue weighted by Gasteiger charge is 2.39. The van der Waals surface area contributed by atoms with E-state index in [1.807, 2.05) is 42.5 Å². The zero-order chi connectivity index (χ0) is 20.0. The van der Waals surface area contributed by atoms with Crippen LogP contribution in [0, 0.1) is 0 Å². The van der Waals surface area contributed by atoms with Gasteiger partial charge in [-0.1, -0.05) is 78.1 Å². The summed E-state index contributed by atoms with van der Waals surface area (Å²) < 4.78 is 79.1. The van der Waals surface area contributed by atoms with Gasteiger partial charge in [-0.05, 0) is 17.2 Å². The summed E-state index contributed by atoms with van der Waals surface area (Å²) in [6, 6.07) is 14.9. The molecule has 0 radical (unpaired) electrons. The Hall–Kier alpha value is -2.28. The third kappa shape index (κ3) is 3.88. The summed E-state index contributed by atoms with van der Waals surface area (Å²) in [7, 11) is -2.79. The Morgan fingerprint density at radius 3 is 1.41 bits per heavy atom. The Bertz CT molecular complexity index is 877. The van der Waals surface area contributed by atoms with Gasteiger partial charge in [-0.25, -0.2) is 0 Å². The highest BCUT2D eigenvalue weighted by Crippen LogP contribution is 2.35. The van der Waals surface area contributed by atoms with Crippen LogP contribution in [0.4, 0.5) is 26.3 Å². The van der Waals surface area contributed by atoms with Gasteiger partial charge in [-0.2, -0.15) is 26.3 Å². The fourth-order valence-corrected chi connectivity index (χ4v) is 5.46. The van der Waals surface area contributed by atoms with E-state index in [1.54, 1.807) is 13.1 Å². The Labute approximate surface area is 153 Å².